The molecule has 9 rings (SSSR count). The summed E-state index contributed by atoms with van der Waals surface area (Å²) in [6, 6.07) is 10.5. The smallest absolute Gasteiger partial charge is 0.326 e. The van der Waals surface area contributed by atoms with Crippen molar-refractivity contribution in [3.05, 3.63) is 65.9 Å². The van der Waals surface area contributed by atoms with Gasteiger partial charge in [0.25, 0.3) is 0 Å². The molecule has 14 heteroatoms. The number of ether oxygens (including phenoxy) is 4. The summed E-state index contributed by atoms with van der Waals surface area (Å²) in [6.45, 7) is 5.55. The number of hydrogen-bond acceptors (Lipinski definition) is 12. The second-order valence-electron chi connectivity index (χ2n) is 13.3. The highest BCUT2D eigenvalue weighted by Crippen LogP contribution is 2.41. The second kappa shape index (κ2) is 12.0. The predicted octanol–water partition coefficient (Wildman–Crippen LogP) is 3.12. The van der Waals surface area contributed by atoms with Crippen molar-refractivity contribution in [3.8, 4) is 17.7 Å². The van der Waals surface area contributed by atoms with Crippen molar-refractivity contribution < 1.29 is 33.3 Å². The lowest BCUT2D eigenvalue weighted by atomic mass is 9.90. The maximum atomic E-state index is 12.8. The molecule has 4 aliphatic heterocycles. The van der Waals surface area contributed by atoms with Crippen molar-refractivity contribution in [3.63, 3.8) is 0 Å². The number of carboxylic acid groups (broad SMARTS) is 1. The van der Waals surface area contributed by atoms with Crippen LogP contribution in [0.25, 0.3) is 22.1 Å². The molecule has 4 fully saturated rings. The normalized spacial score (nSPS) is 23.1. The van der Waals surface area contributed by atoms with Gasteiger partial charge in [0.15, 0.2) is 11.4 Å². The number of anilines is 2. The number of pyridine rings is 1. The van der Waals surface area contributed by atoms with Gasteiger partial charge in [-0.1, -0.05) is 18.1 Å². The van der Waals surface area contributed by atoms with Crippen molar-refractivity contribution in [2.75, 3.05) is 55.9 Å². The van der Waals surface area contributed by atoms with E-state index in [1.807, 2.05) is 49.6 Å². The Hall–Kier alpha value is -5.23. The van der Waals surface area contributed by atoms with Gasteiger partial charge in [-0.25, -0.2) is 19.7 Å². The van der Waals surface area contributed by atoms with Gasteiger partial charge in [-0.15, -0.1) is 0 Å². The van der Waals surface area contributed by atoms with Gasteiger partial charge in [-0.2, -0.15) is 5.10 Å². The Morgan fingerprint density at radius 2 is 1.96 bits per heavy atom. The average Bonchev–Trinajstić information content (AvgIpc) is 3.79. The summed E-state index contributed by atoms with van der Waals surface area (Å²) in [5.41, 5.74) is 3.47. The molecule has 0 radical (unpaired) electrons. The average molecular weight is 678 g/mol. The molecule has 50 heavy (non-hydrogen) atoms. The third-order valence-corrected chi connectivity index (χ3v) is 10.2. The van der Waals surface area contributed by atoms with Crippen LogP contribution in [0.15, 0.2) is 53.2 Å². The maximum Gasteiger partial charge on any atom is 0.326 e. The lowest BCUT2D eigenvalue weighted by Crippen LogP contribution is -2.68. The monoisotopic (exact) mass is 677 g/mol. The zero-order valence-electron chi connectivity index (χ0n) is 27.6. The quantitative estimate of drug-likeness (QED) is 0.263. The molecule has 4 aliphatic rings. The van der Waals surface area contributed by atoms with Crippen LogP contribution in [0.1, 0.15) is 36.3 Å². The molecule has 0 saturated carbocycles. The number of aromatic nitrogens is 5. The van der Waals surface area contributed by atoms with Gasteiger partial charge in [0, 0.05) is 43.4 Å². The van der Waals surface area contributed by atoms with E-state index < -0.39 is 23.7 Å². The molecule has 14 nitrogen and oxygen atoms in total. The van der Waals surface area contributed by atoms with Crippen LogP contribution in [0.5, 0.6) is 5.88 Å². The zero-order valence-corrected chi connectivity index (χ0v) is 27.6. The highest BCUT2D eigenvalue weighted by molar-refractivity contribution is 6.06. The first-order valence-corrected chi connectivity index (χ1v) is 16.8. The van der Waals surface area contributed by atoms with E-state index in [1.165, 1.54) is 0 Å². The molecular formula is C36H35N7O7. The molecule has 0 aliphatic carbocycles. The zero-order chi connectivity index (χ0) is 34.0. The molecule has 1 spiro atoms. The van der Waals surface area contributed by atoms with E-state index in [4.69, 9.17) is 38.3 Å². The summed E-state index contributed by atoms with van der Waals surface area (Å²) >= 11 is 0. The lowest BCUT2D eigenvalue weighted by Gasteiger charge is -2.53. The topological polar surface area (TPSA) is 150 Å². The fourth-order valence-electron chi connectivity index (χ4n) is 7.19. The lowest BCUT2D eigenvalue weighted by molar-refractivity contribution is -0.228. The van der Waals surface area contributed by atoms with E-state index in [0.717, 1.165) is 11.1 Å². The number of rotatable bonds is 6. The van der Waals surface area contributed by atoms with Crippen LogP contribution < -0.4 is 14.5 Å². The SMILES string of the molecule is C[C@@H]1N(c2cc(C#Cc3ccn(C)n3)cnc2O[C@H]2C[C@@H](C(=O)O)N(c3nc(C4COC4)nc4c3oc3ccccc34)C2)CCOC12COC2. The fraction of sp³-hybridized carbons (Fsp3) is 0.417. The maximum absolute atomic E-state index is 12.8. The molecule has 1 aromatic carbocycles. The van der Waals surface area contributed by atoms with Crippen LogP contribution in [0.3, 0.4) is 0 Å². The Balaban J connectivity index is 1.07. The summed E-state index contributed by atoms with van der Waals surface area (Å²) in [4.78, 5) is 31.4. The van der Waals surface area contributed by atoms with Crippen molar-refractivity contribution in [2.24, 2.45) is 7.05 Å². The minimum Gasteiger partial charge on any atom is -0.480 e. The molecule has 1 N–H and O–H groups in total. The molecule has 3 atom stereocenters. The summed E-state index contributed by atoms with van der Waals surface area (Å²) in [6.07, 6.45) is 3.22. The predicted molar refractivity (Wildman–Crippen MR) is 180 cm³/mol. The van der Waals surface area contributed by atoms with Crippen LogP contribution >= 0.6 is 0 Å². The third kappa shape index (κ3) is 5.20. The molecule has 8 heterocycles. The molecule has 0 bridgehead atoms. The number of furan rings is 1. The largest absolute Gasteiger partial charge is 0.480 e. The van der Waals surface area contributed by atoms with Crippen molar-refractivity contribution in [1.82, 2.24) is 24.7 Å². The number of hydrogen-bond donors (Lipinski definition) is 1. The first-order valence-electron chi connectivity index (χ1n) is 16.8. The summed E-state index contributed by atoms with van der Waals surface area (Å²) in [7, 11) is 1.85. The molecular weight excluding hydrogens is 642 g/mol. The van der Waals surface area contributed by atoms with E-state index in [-0.39, 0.29) is 24.9 Å². The van der Waals surface area contributed by atoms with Crippen LogP contribution in [0.2, 0.25) is 0 Å². The highest BCUT2D eigenvalue weighted by Gasteiger charge is 2.50. The number of carbonyl (C=O) groups is 1. The third-order valence-electron chi connectivity index (χ3n) is 10.2. The number of carboxylic acids is 1. The fourth-order valence-corrected chi connectivity index (χ4v) is 7.19. The number of benzene rings is 1. The van der Waals surface area contributed by atoms with E-state index in [2.05, 4.69) is 28.8 Å². The van der Waals surface area contributed by atoms with Crippen LogP contribution in [-0.2, 0) is 26.1 Å². The van der Waals surface area contributed by atoms with Gasteiger partial charge in [0.1, 0.15) is 46.1 Å². The van der Waals surface area contributed by atoms with Gasteiger partial charge < -0.3 is 38.3 Å². The number of para-hydroxylation sites is 1. The minimum absolute atomic E-state index is 0.0238. The van der Waals surface area contributed by atoms with Crippen molar-refractivity contribution in [1.29, 1.82) is 0 Å². The second-order valence-corrected chi connectivity index (χ2v) is 13.3. The summed E-state index contributed by atoms with van der Waals surface area (Å²) < 4.78 is 31.9. The standard InChI is InChI=1S/C36H35N7O7/c1-21-36(19-47-20-36)48-12-11-42(21)27-13-22(7-8-24-9-10-41(2)40-24)15-37-34(27)49-25-14-28(35(44)45)43(16-25)33-31-30(26-5-3-4-6-29(26)50-31)38-32(39-33)23-17-46-18-23/h3-6,9-10,13,15,21,23,25,28H,11-12,14,16-20H2,1-2H3,(H,44,45)/t21-,25-,28-/m0/s1. The Labute approximate surface area is 286 Å². The Morgan fingerprint density at radius 3 is 2.70 bits per heavy atom. The van der Waals surface area contributed by atoms with Crippen LogP contribution in [0.4, 0.5) is 11.5 Å². The molecule has 4 saturated heterocycles. The van der Waals surface area contributed by atoms with Crippen molar-refractivity contribution >= 4 is 39.5 Å². The number of fused-ring (bicyclic) bond motifs is 3. The molecule has 0 amide bonds. The molecule has 0 unspecified atom stereocenters. The number of nitrogens with zero attached hydrogens (tertiary/aromatic N) is 7. The molecule has 4 aromatic heterocycles. The van der Waals surface area contributed by atoms with Gasteiger partial charge in [0.05, 0.1) is 51.5 Å². The van der Waals surface area contributed by atoms with E-state index >= 15 is 0 Å². The first-order chi connectivity index (χ1) is 24.3. The van der Waals surface area contributed by atoms with Gasteiger partial charge in [-0.05, 0) is 37.1 Å². The van der Waals surface area contributed by atoms with Gasteiger partial charge >= 0.3 is 5.97 Å². The first kappa shape index (κ1) is 30.8. The van der Waals surface area contributed by atoms with Crippen LogP contribution in [-0.4, -0.2) is 106 Å². The Bertz CT molecular complexity index is 2180. The molecule has 5 aromatic rings. The van der Waals surface area contributed by atoms with Gasteiger partial charge in [0.2, 0.25) is 5.88 Å². The van der Waals surface area contributed by atoms with E-state index in [9.17, 15) is 9.90 Å². The summed E-state index contributed by atoms with van der Waals surface area (Å²) in [5, 5.41) is 15.7. The van der Waals surface area contributed by atoms with E-state index in [0.29, 0.717) is 85.0 Å². The Morgan fingerprint density at radius 1 is 1.10 bits per heavy atom. The number of aryl methyl sites for hydroxylation is 1. The molecule has 256 valence electrons. The van der Waals surface area contributed by atoms with Gasteiger partial charge in [-0.3, -0.25) is 4.68 Å². The van der Waals surface area contributed by atoms with Crippen LogP contribution in [0, 0.1) is 11.8 Å². The van der Waals surface area contributed by atoms with Crippen molar-refractivity contribution in [2.45, 2.75) is 43.1 Å². The Kier molecular flexibility index (Phi) is 7.38. The van der Waals surface area contributed by atoms with E-state index in [1.54, 1.807) is 15.8 Å². The number of aliphatic carboxylic acids is 1. The number of morpholine rings is 1. The minimum atomic E-state index is -0.977. The highest BCUT2D eigenvalue weighted by atomic mass is 16.6. The summed E-state index contributed by atoms with van der Waals surface area (Å²) in [5.74, 6) is 6.81.